The Bertz CT molecular complexity index is 215. The quantitative estimate of drug-likeness (QED) is 0.489. The normalized spacial score (nSPS) is 11.4. The molecular weight excluding hydrogens is 176 g/mol. The Kier molecular flexibility index (Phi) is 7.96. The van der Waals surface area contributed by atoms with Gasteiger partial charge in [0, 0.05) is 19.4 Å². The third-order valence-electron chi connectivity index (χ3n) is 2.02. The molecule has 3 nitrogen and oxygen atoms in total. The topological polar surface area (TPSA) is 55.1 Å². The largest absolute Gasteiger partial charge is 0.355 e. The summed E-state index contributed by atoms with van der Waals surface area (Å²) in [6.07, 6.45) is 2.16. The first-order chi connectivity index (χ1) is 6.70. The minimum atomic E-state index is 0.100. The fraction of sp³-hybridized carbons (Fsp3) is 0.727. The van der Waals surface area contributed by atoms with E-state index in [2.05, 4.69) is 24.1 Å². The van der Waals surface area contributed by atoms with Crippen molar-refractivity contribution in [3.05, 3.63) is 0 Å². The summed E-state index contributed by atoms with van der Waals surface area (Å²) in [6, 6.07) is 0. The van der Waals surface area contributed by atoms with Gasteiger partial charge in [-0.1, -0.05) is 6.92 Å². The SMILES string of the molecule is CC#CCCNC(=O)CCC(C)CN. The lowest BCUT2D eigenvalue weighted by atomic mass is 10.1. The zero-order chi connectivity index (χ0) is 10.8. The van der Waals surface area contributed by atoms with Gasteiger partial charge in [-0.15, -0.1) is 11.8 Å². The van der Waals surface area contributed by atoms with Crippen molar-refractivity contribution < 1.29 is 4.79 Å². The minimum Gasteiger partial charge on any atom is -0.355 e. The standard InChI is InChI=1S/C11H20N2O/c1-3-4-5-8-13-11(14)7-6-10(2)9-12/h10H,5-9,12H2,1-2H3,(H,13,14). The van der Waals surface area contributed by atoms with Crippen molar-refractivity contribution in [3.8, 4) is 11.8 Å². The number of carbonyl (C=O) groups is 1. The van der Waals surface area contributed by atoms with Crippen LogP contribution >= 0.6 is 0 Å². The van der Waals surface area contributed by atoms with Crippen LogP contribution in [0.2, 0.25) is 0 Å². The average molecular weight is 196 g/mol. The van der Waals surface area contributed by atoms with Gasteiger partial charge in [0.1, 0.15) is 0 Å². The van der Waals surface area contributed by atoms with Gasteiger partial charge < -0.3 is 11.1 Å². The van der Waals surface area contributed by atoms with Crippen LogP contribution in [0.1, 0.15) is 33.1 Å². The van der Waals surface area contributed by atoms with Gasteiger partial charge in [-0.25, -0.2) is 0 Å². The van der Waals surface area contributed by atoms with E-state index in [1.807, 2.05) is 0 Å². The lowest BCUT2D eigenvalue weighted by Crippen LogP contribution is -2.25. The molecule has 1 amide bonds. The minimum absolute atomic E-state index is 0.100. The second-order valence-corrected chi connectivity index (χ2v) is 3.41. The summed E-state index contributed by atoms with van der Waals surface area (Å²) >= 11 is 0. The molecule has 0 spiro atoms. The van der Waals surface area contributed by atoms with Crippen LogP contribution < -0.4 is 11.1 Å². The third kappa shape index (κ3) is 7.63. The van der Waals surface area contributed by atoms with Gasteiger partial charge in [-0.2, -0.15) is 0 Å². The molecule has 3 heteroatoms. The lowest BCUT2D eigenvalue weighted by Gasteiger charge is -2.07. The summed E-state index contributed by atoms with van der Waals surface area (Å²) in [6.45, 7) is 5.14. The predicted octanol–water partition coefficient (Wildman–Crippen LogP) is 0.891. The predicted molar refractivity (Wildman–Crippen MR) is 58.5 cm³/mol. The molecule has 0 aliphatic rings. The van der Waals surface area contributed by atoms with Crippen molar-refractivity contribution >= 4 is 5.91 Å². The van der Waals surface area contributed by atoms with Gasteiger partial charge in [0.15, 0.2) is 0 Å². The number of amides is 1. The monoisotopic (exact) mass is 196 g/mol. The molecule has 0 rings (SSSR count). The molecule has 0 aliphatic heterocycles. The first-order valence-electron chi connectivity index (χ1n) is 5.07. The maximum absolute atomic E-state index is 11.2. The summed E-state index contributed by atoms with van der Waals surface area (Å²) in [4.78, 5) is 11.2. The van der Waals surface area contributed by atoms with Gasteiger partial charge in [0.2, 0.25) is 5.91 Å². The Labute approximate surface area is 86.4 Å². The van der Waals surface area contributed by atoms with E-state index >= 15 is 0 Å². The molecule has 0 aromatic carbocycles. The number of hydrogen-bond acceptors (Lipinski definition) is 2. The molecule has 1 atom stereocenters. The Hall–Kier alpha value is -1.01. The Balaban J connectivity index is 3.40. The number of carbonyl (C=O) groups excluding carboxylic acids is 1. The first-order valence-corrected chi connectivity index (χ1v) is 5.07. The van der Waals surface area contributed by atoms with Crippen molar-refractivity contribution in [2.75, 3.05) is 13.1 Å². The van der Waals surface area contributed by atoms with Crippen LogP contribution in [0.4, 0.5) is 0 Å². The smallest absolute Gasteiger partial charge is 0.220 e. The maximum Gasteiger partial charge on any atom is 0.220 e. The number of hydrogen-bond donors (Lipinski definition) is 2. The van der Waals surface area contributed by atoms with Gasteiger partial charge in [0.05, 0.1) is 0 Å². The summed E-state index contributed by atoms with van der Waals surface area (Å²) < 4.78 is 0. The summed E-state index contributed by atoms with van der Waals surface area (Å²) in [7, 11) is 0. The third-order valence-corrected chi connectivity index (χ3v) is 2.02. The highest BCUT2D eigenvalue weighted by molar-refractivity contribution is 5.75. The van der Waals surface area contributed by atoms with Crippen molar-refractivity contribution in [1.82, 2.24) is 5.32 Å². The Morgan fingerprint density at radius 2 is 2.29 bits per heavy atom. The van der Waals surface area contributed by atoms with E-state index in [4.69, 9.17) is 5.73 Å². The van der Waals surface area contributed by atoms with Crippen LogP contribution in [0, 0.1) is 17.8 Å². The van der Waals surface area contributed by atoms with Crippen LogP contribution in [-0.2, 0) is 4.79 Å². The highest BCUT2D eigenvalue weighted by atomic mass is 16.1. The van der Waals surface area contributed by atoms with E-state index in [-0.39, 0.29) is 5.91 Å². The Morgan fingerprint density at radius 1 is 1.57 bits per heavy atom. The number of rotatable bonds is 6. The zero-order valence-corrected chi connectivity index (χ0v) is 9.10. The van der Waals surface area contributed by atoms with E-state index in [0.717, 1.165) is 12.8 Å². The van der Waals surface area contributed by atoms with E-state index in [1.54, 1.807) is 6.92 Å². The second-order valence-electron chi connectivity index (χ2n) is 3.41. The molecule has 0 fully saturated rings. The van der Waals surface area contributed by atoms with Gasteiger partial charge in [-0.3, -0.25) is 4.79 Å². The molecule has 0 aromatic heterocycles. The molecule has 14 heavy (non-hydrogen) atoms. The summed E-state index contributed by atoms with van der Waals surface area (Å²) in [5, 5.41) is 2.81. The molecule has 0 heterocycles. The van der Waals surface area contributed by atoms with Gasteiger partial charge in [0.25, 0.3) is 0 Å². The van der Waals surface area contributed by atoms with Crippen LogP contribution in [0.15, 0.2) is 0 Å². The van der Waals surface area contributed by atoms with Crippen LogP contribution in [0.25, 0.3) is 0 Å². The molecule has 0 aromatic rings. The molecule has 0 bridgehead atoms. The van der Waals surface area contributed by atoms with Crippen molar-refractivity contribution in [2.45, 2.75) is 33.1 Å². The van der Waals surface area contributed by atoms with E-state index < -0.39 is 0 Å². The van der Waals surface area contributed by atoms with Gasteiger partial charge in [-0.05, 0) is 25.8 Å². The molecular formula is C11H20N2O. The average Bonchev–Trinajstić information content (AvgIpc) is 2.21. The van der Waals surface area contributed by atoms with Crippen LogP contribution in [0.5, 0.6) is 0 Å². The number of nitrogens with one attached hydrogen (secondary N) is 1. The highest BCUT2D eigenvalue weighted by Crippen LogP contribution is 2.02. The Morgan fingerprint density at radius 3 is 2.86 bits per heavy atom. The molecule has 1 unspecified atom stereocenters. The molecule has 3 N–H and O–H groups in total. The van der Waals surface area contributed by atoms with E-state index in [9.17, 15) is 4.79 Å². The highest BCUT2D eigenvalue weighted by Gasteiger charge is 2.03. The zero-order valence-electron chi connectivity index (χ0n) is 9.10. The summed E-state index contributed by atoms with van der Waals surface area (Å²) in [5.41, 5.74) is 5.45. The first kappa shape index (κ1) is 13.0. The van der Waals surface area contributed by atoms with Gasteiger partial charge >= 0.3 is 0 Å². The molecule has 80 valence electrons. The van der Waals surface area contributed by atoms with E-state index in [0.29, 0.717) is 25.4 Å². The maximum atomic E-state index is 11.2. The van der Waals surface area contributed by atoms with E-state index in [1.165, 1.54) is 0 Å². The van der Waals surface area contributed by atoms with Crippen LogP contribution in [-0.4, -0.2) is 19.0 Å². The molecule has 0 radical (unpaired) electrons. The number of nitrogens with two attached hydrogens (primary N) is 1. The molecule has 0 aliphatic carbocycles. The van der Waals surface area contributed by atoms with Crippen molar-refractivity contribution in [1.29, 1.82) is 0 Å². The fourth-order valence-corrected chi connectivity index (χ4v) is 0.973. The summed E-state index contributed by atoms with van der Waals surface area (Å²) in [5.74, 6) is 6.21. The lowest BCUT2D eigenvalue weighted by molar-refractivity contribution is -0.121. The second kappa shape index (κ2) is 8.58. The molecule has 0 saturated carbocycles. The van der Waals surface area contributed by atoms with Crippen molar-refractivity contribution in [3.63, 3.8) is 0 Å². The van der Waals surface area contributed by atoms with Crippen LogP contribution in [0.3, 0.4) is 0 Å². The van der Waals surface area contributed by atoms with Crippen molar-refractivity contribution in [2.24, 2.45) is 11.7 Å². The fourth-order valence-electron chi connectivity index (χ4n) is 0.973. The molecule has 0 saturated heterocycles.